The first kappa shape index (κ1) is 32.5. The van der Waals surface area contributed by atoms with Crippen LogP contribution in [-0.2, 0) is 13.1 Å². The molecule has 4 aromatic rings. The Morgan fingerprint density at radius 2 is 0.833 bits per heavy atom. The van der Waals surface area contributed by atoms with Gasteiger partial charge in [0.05, 0.1) is 11.0 Å². The summed E-state index contributed by atoms with van der Waals surface area (Å²) in [5.41, 5.74) is 4.74. The summed E-state index contributed by atoms with van der Waals surface area (Å²) in [6.45, 7) is 5.74. The highest BCUT2D eigenvalue weighted by Crippen LogP contribution is 2.27. The number of hydrogen-bond donors (Lipinski definition) is 0. The Balaban J connectivity index is 1.85. The van der Waals surface area contributed by atoms with Gasteiger partial charge in [0.1, 0.15) is 0 Å². The standard InChI is InChI=1S/C36H44Br2N2O2/c1-3-5-7-9-11-13-23-39-33-25-32(28-17-21-30(38)22-18-28)36(42)40(24-14-12-10-8-6-4-2)34(33)26-31(35(39)41)27-15-19-29(37)20-16-27/h15-22,25-26H,3-14,23-24H2,1-2H3. The summed E-state index contributed by atoms with van der Waals surface area (Å²) in [6.07, 6.45) is 13.8. The smallest absolute Gasteiger partial charge is 0.259 e. The Hall–Kier alpha value is -2.44. The van der Waals surface area contributed by atoms with E-state index in [-0.39, 0.29) is 11.1 Å². The molecule has 0 saturated carbocycles. The SMILES string of the molecule is CCCCCCCCn1c(=O)c(-c2ccc(Br)cc2)cc2c1cc(-c1ccc(Br)cc1)c(=O)n2CCCCCCCC. The lowest BCUT2D eigenvalue weighted by atomic mass is 10.0. The first-order valence-electron chi connectivity index (χ1n) is 15.8. The zero-order valence-corrected chi connectivity index (χ0v) is 28.3. The van der Waals surface area contributed by atoms with Crippen LogP contribution in [0.5, 0.6) is 0 Å². The summed E-state index contributed by atoms with van der Waals surface area (Å²) in [7, 11) is 0. The van der Waals surface area contributed by atoms with Crippen LogP contribution in [-0.4, -0.2) is 9.13 Å². The van der Waals surface area contributed by atoms with Crippen molar-refractivity contribution in [1.29, 1.82) is 0 Å². The molecule has 0 aliphatic heterocycles. The molecule has 0 bridgehead atoms. The Morgan fingerprint density at radius 1 is 0.500 bits per heavy atom. The van der Waals surface area contributed by atoms with Gasteiger partial charge in [0.2, 0.25) is 0 Å². The van der Waals surface area contributed by atoms with E-state index in [1.54, 1.807) is 0 Å². The van der Waals surface area contributed by atoms with Crippen LogP contribution >= 0.6 is 31.9 Å². The third kappa shape index (κ3) is 8.35. The molecule has 0 atom stereocenters. The topological polar surface area (TPSA) is 44.0 Å². The molecule has 4 nitrogen and oxygen atoms in total. The average Bonchev–Trinajstić information content (AvgIpc) is 2.99. The van der Waals surface area contributed by atoms with Gasteiger partial charge in [-0.05, 0) is 60.4 Å². The highest BCUT2D eigenvalue weighted by molar-refractivity contribution is 9.10. The number of aromatic nitrogens is 2. The second kappa shape index (κ2) is 16.4. The van der Waals surface area contributed by atoms with Gasteiger partial charge in [0.25, 0.3) is 11.1 Å². The maximum atomic E-state index is 14.1. The van der Waals surface area contributed by atoms with Gasteiger partial charge in [-0.2, -0.15) is 0 Å². The number of halogens is 2. The van der Waals surface area contributed by atoms with Crippen molar-refractivity contribution in [2.24, 2.45) is 0 Å². The zero-order valence-electron chi connectivity index (χ0n) is 25.1. The molecule has 42 heavy (non-hydrogen) atoms. The third-order valence-corrected chi connectivity index (χ3v) is 9.20. The number of fused-ring (bicyclic) bond motifs is 1. The first-order chi connectivity index (χ1) is 20.4. The minimum atomic E-state index is 0.00454. The van der Waals surface area contributed by atoms with Gasteiger partial charge in [-0.3, -0.25) is 9.59 Å². The fraction of sp³-hybridized carbons (Fsp3) is 0.444. The van der Waals surface area contributed by atoms with Crippen LogP contribution in [0.1, 0.15) is 90.9 Å². The fourth-order valence-corrected chi connectivity index (χ4v) is 6.23. The van der Waals surface area contributed by atoms with Gasteiger partial charge in [-0.1, -0.05) is 134 Å². The van der Waals surface area contributed by atoms with Crippen LogP contribution in [0.4, 0.5) is 0 Å². The molecule has 6 heteroatoms. The number of hydrogen-bond acceptors (Lipinski definition) is 2. The molecule has 0 radical (unpaired) electrons. The van der Waals surface area contributed by atoms with E-state index >= 15 is 0 Å². The molecule has 224 valence electrons. The van der Waals surface area contributed by atoms with Crippen LogP contribution in [0, 0.1) is 0 Å². The molecule has 0 saturated heterocycles. The number of nitrogens with zero attached hydrogens (tertiary/aromatic N) is 2. The van der Waals surface area contributed by atoms with Gasteiger partial charge in [-0.15, -0.1) is 0 Å². The van der Waals surface area contributed by atoms with Gasteiger partial charge >= 0.3 is 0 Å². The summed E-state index contributed by atoms with van der Waals surface area (Å²) in [5.74, 6) is 0. The first-order valence-corrected chi connectivity index (χ1v) is 17.4. The van der Waals surface area contributed by atoms with Crippen molar-refractivity contribution >= 4 is 42.9 Å². The van der Waals surface area contributed by atoms with E-state index in [9.17, 15) is 9.59 Å². The molecule has 2 aromatic carbocycles. The lowest BCUT2D eigenvalue weighted by molar-refractivity contribution is 0.551. The van der Waals surface area contributed by atoms with Crippen molar-refractivity contribution < 1.29 is 0 Å². The maximum Gasteiger partial charge on any atom is 0.259 e. The van der Waals surface area contributed by atoms with Crippen LogP contribution in [0.2, 0.25) is 0 Å². The van der Waals surface area contributed by atoms with Crippen molar-refractivity contribution in [3.63, 3.8) is 0 Å². The van der Waals surface area contributed by atoms with E-state index in [0.29, 0.717) is 24.2 Å². The van der Waals surface area contributed by atoms with Gasteiger partial charge in [0, 0.05) is 33.2 Å². The molecule has 0 spiro atoms. The summed E-state index contributed by atoms with van der Waals surface area (Å²) >= 11 is 7.05. The van der Waals surface area contributed by atoms with E-state index in [4.69, 9.17) is 0 Å². The van der Waals surface area contributed by atoms with Crippen LogP contribution in [0.15, 0.2) is 79.2 Å². The largest absolute Gasteiger partial charge is 0.306 e. The summed E-state index contributed by atoms with van der Waals surface area (Å²) in [6, 6.07) is 19.7. The Kier molecular flexibility index (Phi) is 12.7. The molecular weight excluding hydrogens is 652 g/mol. The molecule has 0 amide bonds. The lowest BCUT2D eigenvalue weighted by Gasteiger charge is -2.19. The highest BCUT2D eigenvalue weighted by Gasteiger charge is 2.18. The van der Waals surface area contributed by atoms with Crippen molar-refractivity contribution in [3.8, 4) is 22.3 Å². The molecule has 2 aromatic heterocycles. The molecule has 0 aliphatic carbocycles. The van der Waals surface area contributed by atoms with Crippen molar-refractivity contribution in [2.45, 2.75) is 104 Å². The fourth-order valence-electron chi connectivity index (χ4n) is 5.70. The minimum Gasteiger partial charge on any atom is -0.306 e. The monoisotopic (exact) mass is 694 g/mol. The second-order valence-corrected chi connectivity index (χ2v) is 13.2. The predicted molar refractivity (Wildman–Crippen MR) is 185 cm³/mol. The molecule has 2 heterocycles. The zero-order chi connectivity index (χ0) is 29.9. The molecule has 0 unspecified atom stereocenters. The number of unbranched alkanes of at least 4 members (excludes halogenated alkanes) is 10. The number of aryl methyl sites for hydroxylation is 2. The van der Waals surface area contributed by atoms with Gasteiger partial charge in [0.15, 0.2) is 0 Å². The van der Waals surface area contributed by atoms with Gasteiger partial charge < -0.3 is 9.13 Å². The van der Waals surface area contributed by atoms with E-state index in [1.807, 2.05) is 69.8 Å². The van der Waals surface area contributed by atoms with Gasteiger partial charge in [-0.25, -0.2) is 0 Å². The van der Waals surface area contributed by atoms with E-state index in [0.717, 1.165) is 56.8 Å². The summed E-state index contributed by atoms with van der Waals surface area (Å²) < 4.78 is 5.81. The third-order valence-electron chi connectivity index (χ3n) is 8.14. The van der Waals surface area contributed by atoms with Crippen LogP contribution < -0.4 is 11.1 Å². The highest BCUT2D eigenvalue weighted by atomic mass is 79.9. The van der Waals surface area contributed by atoms with Crippen molar-refractivity contribution in [2.75, 3.05) is 0 Å². The van der Waals surface area contributed by atoms with Crippen LogP contribution in [0.3, 0.4) is 0 Å². The quantitative estimate of drug-likeness (QED) is 0.110. The normalized spacial score (nSPS) is 11.4. The predicted octanol–water partition coefficient (Wildman–Crippen LogP) is 10.7. The van der Waals surface area contributed by atoms with E-state index in [2.05, 4.69) is 45.7 Å². The Morgan fingerprint density at radius 3 is 1.19 bits per heavy atom. The Bertz CT molecular complexity index is 1430. The maximum absolute atomic E-state index is 14.1. The number of pyridine rings is 2. The number of benzene rings is 2. The van der Waals surface area contributed by atoms with Crippen molar-refractivity contribution in [1.82, 2.24) is 9.13 Å². The summed E-state index contributed by atoms with van der Waals surface area (Å²) in [5, 5.41) is 0. The Labute approximate surface area is 267 Å². The molecule has 0 fully saturated rings. The molecule has 0 aliphatic rings. The summed E-state index contributed by atoms with van der Waals surface area (Å²) in [4.78, 5) is 28.3. The van der Waals surface area contributed by atoms with E-state index < -0.39 is 0 Å². The minimum absolute atomic E-state index is 0.00454. The van der Waals surface area contributed by atoms with Crippen molar-refractivity contribution in [3.05, 3.63) is 90.3 Å². The second-order valence-electron chi connectivity index (χ2n) is 11.3. The van der Waals surface area contributed by atoms with Crippen LogP contribution in [0.25, 0.3) is 33.3 Å². The lowest BCUT2D eigenvalue weighted by Crippen LogP contribution is -2.28. The molecule has 4 rings (SSSR count). The average molecular weight is 697 g/mol. The molecule has 0 N–H and O–H groups in total. The molecular formula is C36H44Br2N2O2. The van der Waals surface area contributed by atoms with E-state index in [1.165, 1.54) is 51.4 Å². The number of rotatable bonds is 16.